The van der Waals surface area contributed by atoms with E-state index in [2.05, 4.69) is 170 Å². The molecule has 766 valence electrons. The quantitative estimate of drug-likeness (QED) is 0.0194. The highest BCUT2D eigenvalue weighted by Crippen LogP contribution is 2.72. The second kappa shape index (κ2) is 70.2. The number of hydrogen-bond donors (Lipinski definition) is 8. The van der Waals surface area contributed by atoms with E-state index in [9.17, 15) is 29.0 Å². The van der Waals surface area contributed by atoms with Crippen LogP contribution in [0.4, 0.5) is 0 Å². The summed E-state index contributed by atoms with van der Waals surface area (Å²) in [4.78, 5) is 40.2. The minimum atomic E-state index is -5.46. The molecule has 0 saturated carbocycles. The summed E-state index contributed by atoms with van der Waals surface area (Å²) in [5.74, 6) is 1.74. The molecule has 0 aliphatic carbocycles. The molecular weight excluding hydrogens is 1680 g/mol. The lowest BCUT2D eigenvalue weighted by molar-refractivity contribution is -0.0508. The Hall–Kier alpha value is -2.53. The Morgan fingerprint density at radius 1 is 0.244 bits per heavy atom. The summed E-state index contributed by atoms with van der Waals surface area (Å²) in [6.07, 6.45) is 94.6. The van der Waals surface area contributed by atoms with Gasteiger partial charge < -0.3 is 39.8 Å². The number of phenolic OH excluding ortho intramolecular Hbond substituents is 3. The molecule has 0 aromatic heterocycles. The monoisotopic (exact) mass is 1900 g/mol. The van der Waals surface area contributed by atoms with Crippen molar-refractivity contribution < 1.29 is 62.1 Å². The van der Waals surface area contributed by atoms with E-state index in [-0.39, 0.29) is 27.1 Å². The maximum atomic E-state index is 13.1. The van der Waals surface area contributed by atoms with Gasteiger partial charge in [0.25, 0.3) is 0 Å². The fourth-order valence-electron chi connectivity index (χ4n) is 22.6. The molecule has 3 rings (SSSR count). The van der Waals surface area contributed by atoms with Crippen molar-refractivity contribution in [3.63, 3.8) is 0 Å². The molecule has 0 saturated heterocycles. The lowest BCUT2D eigenvalue weighted by Gasteiger charge is -2.66. The first-order valence-corrected chi connectivity index (χ1v) is 60.2. The van der Waals surface area contributed by atoms with Gasteiger partial charge in [-0.2, -0.15) is 8.62 Å². The Balaban J connectivity index is 0.00000411. The van der Waals surface area contributed by atoms with Crippen molar-refractivity contribution in [3.8, 4) is 17.2 Å². The number of benzene rings is 3. The average molecular weight is 1900 g/mol. The fourth-order valence-corrected chi connectivity index (χ4v) is 25.1. The lowest BCUT2D eigenvalue weighted by atomic mass is 9.37. The summed E-state index contributed by atoms with van der Waals surface area (Å²) in [7, 11) is -16.2. The van der Waals surface area contributed by atoms with Crippen molar-refractivity contribution >= 4 is 23.5 Å². The SMILES string of the molecule is CCCCCCCCCCCCCC(CCCCCCCCCCCCC)C(CCCCCCCCCCCCC)(c1cc(C(C)(C)C)c(O)cc1C)C(CCCCCCCCCCCCC)(CCCCCCCCCCCCC)C(CCCCCCCCCCCCC)(c1cc(C(C)(C)C)c(O)cc1C)c1cc(C(C)(C)C)c(O)cc1C.O=P(O)(O)OP(=O)(O)OP(=O)(O)O. The molecule has 13 nitrogen and oxygen atoms in total. The van der Waals surface area contributed by atoms with Gasteiger partial charge in [0.15, 0.2) is 0 Å². The maximum Gasteiger partial charge on any atom is 0.490 e. The van der Waals surface area contributed by atoms with E-state index >= 15 is 0 Å². The van der Waals surface area contributed by atoms with Crippen molar-refractivity contribution in [2.45, 2.75) is 614 Å². The molecule has 0 aliphatic heterocycles. The van der Waals surface area contributed by atoms with Crippen molar-refractivity contribution in [2.24, 2.45) is 11.3 Å². The number of rotatable bonds is 82. The number of unbranched alkanes of at least 4 members (excludes halogenated alkanes) is 60. The second-order valence-electron chi connectivity index (χ2n) is 44.4. The van der Waals surface area contributed by atoms with Crippen molar-refractivity contribution in [2.75, 3.05) is 0 Å². The molecule has 0 bridgehead atoms. The van der Waals surface area contributed by atoms with Crippen LogP contribution in [0, 0.1) is 32.1 Å². The fraction of sp³-hybridized carbons (Fsp3) is 0.843. The second-order valence-corrected chi connectivity index (χ2v) is 48.6. The summed E-state index contributed by atoms with van der Waals surface area (Å²) in [5, 5.41) is 39.1. The van der Waals surface area contributed by atoms with E-state index in [1.54, 1.807) is 5.56 Å². The summed E-state index contributed by atoms with van der Waals surface area (Å²) < 4.78 is 36.4. The molecule has 3 aromatic rings. The van der Waals surface area contributed by atoms with Crippen LogP contribution in [0.3, 0.4) is 0 Å². The molecule has 0 heterocycles. The third kappa shape index (κ3) is 50.4. The zero-order valence-corrected chi connectivity index (χ0v) is 91.6. The Bertz CT molecular complexity index is 3350. The van der Waals surface area contributed by atoms with Crippen molar-refractivity contribution in [1.82, 2.24) is 0 Å². The van der Waals surface area contributed by atoms with Gasteiger partial charge in [-0.25, -0.2) is 13.7 Å². The van der Waals surface area contributed by atoms with Gasteiger partial charge >= 0.3 is 23.5 Å². The number of aromatic hydroxyl groups is 3. The topological polar surface area (TPSA) is 232 Å². The maximum absolute atomic E-state index is 13.1. The molecular formula is C115H213O13P3. The summed E-state index contributed by atoms with van der Waals surface area (Å²) in [5.41, 5.74) is 9.31. The molecule has 1 atom stereocenters. The average Bonchev–Trinajstić information content (AvgIpc) is 0.673. The van der Waals surface area contributed by atoms with Crippen molar-refractivity contribution in [1.29, 1.82) is 0 Å². The van der Waals surface area contributed by atoms with Crippen molar-refractivity contribution in [3.05, 3.63) is 86.5 Å². The molecule has 0 radical (unpaired) electrons. The highest BCUT2D eigenvalue weighted by Gasteiger charge is 2.66. The smallest absolute Gasteiger partial charge is 0.490 e. The minimum absolute atomic E-state index is 0.304. The van der Waals surface area contributed by atoms with Gasteiger partial charge in [-0.1, -0.05) is 546 Å². The van der Waals surface area contributed by atoms with Gasteiger partial charge in [-0.3, -0.25) is 0 Å². The molecule has 0 spiro atoms. The molecule has 3 aromatic carbocycles. The Kier molecular flexibility index (Phi) is 66.7. The van der Waals surface area contributed by atoms with Crippen LogP contribution in [0.25, 0.3) is 0 Å². The van der Waals surface area contributed by atoms with Crippen LogP contribution in [0.5, 0.6) is 17.2 Å². The first-order chi connectivity index (χ1) is 62.3. The molecule has 16 heteroatoms. The van der Waals surface area contributed by atoms with Gasteiger partial charge in [0.1, 0.15) is 17.2 Å². The highest BCUT2D eigenvalue weighted by atomic mass is 31.3. The van der Waals surface area contributed by atoms with Gasteiger partial charge in [0, 0.05) is 10.8 Å². The molecule has 1 unspecified atom stereocenters. The van der Waals surface area contributed by atoms with E-state index in [0.29, 0.717) is 23.2 Å². The number of aryl methyl sites for hydroxylation is 3. The van der Waals surface area contributed by atoms with Gasteiger partial charge in [-0.15, -0.1) is 0 Å². The Morgan fingerprint density at radius 3 is 0.641 bits per heavy atom. The van der Waals surface area contributed by atoms with E-state index in [0.717, 1.165) is 48.8 Å². The van der Waals surface area contributed by atoms with E-state index in [1.807, 2.05) is 0 Å². The first-order valence-electron chi connectivity index (χ1n) is 55.7. The summed E-state index contributed by atoms with van der Waals surface area (Å²) in [6, 6.07) is 15.0. The van der Waals surface area contributed by atoms with Crippen LogP contribution < -0.4 is 0 Å². The number of phenols is 3. The number of phosphoric acid groups is 3. The van der Waals surface area contributed by atoms with Crippen LogP contribution in [0.2, 0.25) is 0 Å². The zero-order chi connectivity index (χ0) is 97.6. The predicted octanol–water partition coefficient (Wildman–Crippen LogP) is 39.0. The van der Waals surface area contributed by atoms with Crippen LogP contribution >= 0.6 is 23.5 Å². The van der Waals surface area contributed by atoms with Crippen LogP contribution in [0.15, 0.2) is 36.4 Å². The van der Waals surface area contributed by atoms with Gasteiger partial charge in [0.05, 0.1) is 0 Å². The third-order valence-corrected chi connectivity index (χ3v) is 33.0. The van der Waals surface area contributed by atoms with Crippen LogP contribution in [-0.2, 0) is 49.4 Å². The molecule has 131 heavy (non-hydrogen) atoms. The van der Waals surface area contributed by atoms with E-state index in [4.69, 9.17) is 24.5 Å². The molecule has 0 amide bonds. The minimum Gasteiger partial charge on any atom is -0.508 e. The normalized spacial score (nSPS) is 13.3. The van der Waals surface area contributed by atoms with E-state index < -0.39 is 28.9 Å². The molecule has 0 aliphatic rings. The van der Waals surface area contributed by atoms with Gasteiger partial charge in [-0.05, 0) is 155 Å². The predicted molar refractivity (Wildman–Crippen MR) is 566 cm³/mol. The Labute approximate surface area is 809 Å². The standard InChI is InChI=1S/C115H208O3.H5O10P3/c1-19-25-31-37-43-49-55-61-67-73-79-85-100(86-80-74-68-62-56-50-44-38-32-26-20-2)114(89-83-77-71-65-59-53-47-41-35-29-23-5,101-94-104(110(10,11)12)107(116)91-97(101)7)113(87-81-75-69-63-57-51-45-39-33-27-21-3,88-82-76-70-64-58-52-46-40-34-28-22-4)115(90-84-78-72-66-60-54-48-42-36-30-24-6,102-95-105(111(13,14)15)108(117)92-98(102)8)103-96-106(112(16,17)18)109(118)93-99(103)9;1-11(2,3)9-13(7,8)10-12(4,5)6/h91-96,100,116-118H,19-90H2,1-18H3;(H,7,8)(H2,1,2,3)(H2,4,5,6). The molecule has 8 N–H and O–H groups in total. The number of hydrogen-bond acceptors (Lipinski definition) is 8. The van der Waals surface area contributed by atoms with Crippen LogP contribution in [-0.4, -0.2) is 39.8 Å². The van der Waals surface area contributed by atoms with Crippen LogP contribution in [0.1, 0.15) is 616 Å². The largest absolute Gasteiger partial charge is 0.508 e. The van der Waals surface area contributed by atoms with E-state index in [1.165, 1.54) is 458 Å². The highest BCUT2D eigenvalue weighted by molar-refractivity contribution is 7.66. The lowest BCUT2D eigenvalue weighted by Crippen LogP contribution is -2.63. The Morgan fingerprint density at radius 2 is 0.427 bits per heavy atom. The third-order valence-electron chi connectivity index (χ3n) is 29.7. The summed E-state index contributed by atoms with van der Waals surface area (Å²) >= 11 is 0. The summed E-state index contributed by atoms with van der Waals surface area (Å²) in [6.45, 7) is 43.0. The first kappa shape index (κ1) is 125. The van der Waals surface area contributed by atoms with Gasteiger partial charge in [0.2, 0.25) is 0 Å². The molecule has 0 fully saturated rings. The zero-order valence-electron chi connectivity index (χ0n) is 88.9.